The van der Waals surface area contributed by atoms with Crippen LogP contribution in [0, 0.1) is 0 Å². The predicted molar refractivity (Wildman–Crippen MR) is 92.8 cm³/mol. The molecule has 2 aromatic rings. The quantitative estimate of drug-likeness (QED) is 0.846. The number of thiazole rings is 1. The number of benzene rings is 1. The van der Waals surface area contributed by atoms with Gasteiger partial charge >= 0.3 is 0 Å². The van der Waals surface area contributed by atoms with E-state index in [1.165, 1.54) is 10.4 Å². The Hall–Kier alpha value is -1.53. The molecular formula is C16H23N3O2S. The minimum Gasteiger partial charge on any atom is -0.494 e. The van der Waals surface area contributed by atoms with Crippen LogP contribution in [0.3, 0.4) is 0 Å². The second kappa shape index (κ2) is 6.71. The largest absolute Gasteiger partial charge is 0.494 e. The van der Waals surface area contributed by atoms with Crippen LogP contribution in [0.2, 0.25) is 0 Å². The third-order valence-electron chi connectivity index (χ3n) is 3.93. The van der Waals surface area contributed by atoms with Gasteiger partial charge in [0.1, 0.15) is 11.3 Å². The molecule has 0 aliphatic carbocycles. The minimum atomic E-state index is 0.787. The van der Waals surface area contributed by atoms with Crippen molar-refractivity contribution in [2.45, 2.75) is 13.3 Å². The number of ether oxygens (including phenoxy) is 2. The van der Waals surface area contributed by atoms with E-state index < -0.39 is 0 Å². The first kappa shape index (κ1) is 15.4. The van der Waals surface area contributed by atoms with Gasteiger partial charge in [-0.25, -0.2) is 4.98 Å². The first-order valence-electron chi connectivity index (χ1n) is 7.76. The molecule has 0 atom stereocenters. The number of fused-ring (bicyclic) bond motifs is 1. The molecule has 1 fully saturated rings. The van der Waals surface area contributed by atoms with Gasteiger partial charge in [-0.15, -0.1) is 0 Å². The van der Waals surface area contributed by atoms with Gasteiger partial charge in [0, 0.05) is 26.7 Å². The highest BCUT2D eigenvalue weighted by Gasteiger charge is 2.20. The number of aromatic nitrogens is 1. The van der Waals surface area contributed by atoms with Crippen LogP contribution in [0.1, 0.15) is 13.3 Å². The molecule has 6 heteroatoms. The number of morpholine rings is 1. The van der Waals surface area contributed by atoms with Crippen molar-refractivity contribution in [3.8, 4) is 5.75 Å². The standard InChI is InChI=1S/C16H23N3O2S/c1-4-7-18(2)16-17-14-13(20-3)6-5-12(15(14)22-16)19-8-10-21-11-9-19/h5-6H,4,7-11H2,1-3H3. The van der Waals surface area contributed by atoms with Crippen molar-refractivity contribution in [2.75, 3.05) is 56.8 Å². The fourth-order valence-electron chi connectivity index (χ4n) is 2.77. The topological polar surface area (TPSA) is 37.8 Å². The summed E-state index contributed by atoms with van der Waals surface area (Å²) >= 11 is 1.75. The zero-order valence-electron chi connectivity index (χ0n) is 13.5. The molecule has 0 unspecified atom stereocenters. The first-order chi connectivity index (χ1) is 10.7. The number of hydrogen-bond acceptors (Lipinski definition) is 6. The van der Waals surface area contributed by atoms with Gasteiger partial charge in [-0.05, 0) is 18.6 Å². The fourth-order valence-corrected chi connectivity index (χ4v) is 3.88. The van der Waals surface area contributed by atoms with Crippen molar-refractivity contribution in [3.05, 3.63) is 12.1 Å². The summed E-state index contributed by atoms with van der Waals surface area (Å²) < 4.78 is 12.2. The molecule has 1 aromatic carbocycles. The molecule has 1 saturated heterocycles. The summed E-state index contributed by atoms with van der Waals surface area (Å²) in [6.45, 7) is 6.63. The van der Waals surface area contributed by atoms with Crippen molar-refractivity contribution in [1.82, 2.24) is 4.98 Å². The van der Waals surface area contributed by atoms with Crippen molar-refractivity contribution in [3.63, 3.8) is 0 Å². The van der Waals surface area contributed by atoms with Crippen LogP contribution in [0.15, 0.2) is 12.1 Å². The van der Waals surface area contributed by atoms with Gasteiger partial charge in [0.25, 0.3) is 0 Å². The third kappa shape index (κ3) is 2.85. The molecule has 120 valence electrons. The molecule has 1 aromatic heterocycles. The van der Waals surface area contributed by atoms with Crippen LogP contribution >= 0.6 is 11.3 Å². The molecule has 0 bridgehead atoms. The van der Waals surface area contributed by atoms with Crippen LogP contribution in [0.5, 0.6) is 5.75 Å². The highest BCUT2D eigenvalue weighted by Crippen LogP contribution is 2.40. The lowest BCUT2D eigenvalue weighted by Gasteiger charge is -2.29. The van der Waals surface area contributed by atoms with E-state index in [9.17, 15) is 0 Å². The van der Waals surface area contributed by atoms with Crippen LogP contribution in [0.25, 0.3) is 10.2 Å². The second-order valence-electron chi connectivity index (χ2n) is 5.48. The molecule has 0 spiro atoms. The van der Waals surface area contributed by atoms with E-state index in [0.717, 1.165) is 55.7 Å². The van der Waals surface area contributed by atoms with E-state index in [4.69, 9.17) is 14.5 Å². The summed E-state index contributed by atoms with van der Waals surface area (Å²) in [4.78, 5) is 9.42. The van der Waals surface area contributed by atoms with Crippen LogP contribution in [-0.2, 0) is 4.74 Å². The molecule has 1 aliphatic heterocycles. The van der Waals surface area contributed by atoms with Crippen LogP contribution in [0.4, 0.5) is 10.8 Å². The number of hydrogen-bond donors (Lipinski definition) is 0. The van der Waals surface area contributed by atoms with Crippen molar-refractivity contribution < 1.29 is 9.47 Å². The Labute approximate surface area is 135 Å². The highest BCUT2D eigenvalue weighted by atomic mass is 32.1. The highest BCUT2D eigenvalue weighted by molar-refractivity contribution is 7.22. The lowest BCUT2D eigenvalue weighted by molar-refractivity contribution is 0.123. The fraction of sp³-hybridized carbons (Fsp3) is 0.562. The van der Waals surface area contributed by atoms with Gasteiger partial charge in [0.05, 0.1) is 30.7 Å². The molecular weight excluding hydrogens is 298 g/mol. The summed E-state index contributed by atoms with van der Waals surface area (Å²) in [5.74, 6) is 0.847. The zero-order valence-corrected chi connectivity index (χ0v) is 14.3. The van der Waals surface area contributed by atoms with Gasteiger partial charge in [0.2, 0.25) is 0 Å². The Morgan fingerprint density at radius 1 is 1.36 bits per heavy atom. The summed E-state index contributed by atoms with van der Waals surface area (Å²) in [5.41, 5.74) is 2.21. The van der Waals surface area contributed by atoms with E-state index >= 15 is 0 Å². The van der Waals surface area contributed by atoms with Gasteiger partial charge in [0.15, 0.2) is 5.13 Å². The van der Waals surface area contributed by atoms with Gasteiger partial charge in [-0.3, -0.25) is 0 Å². The molecule has 2 heterocycles. The van der Waals surface area contributed by atoms with Crippen molar-refractivity contribution in [1.29, 1.82) is 0 Å². The number of anilines is 2. The number of nitrogens with zero attached hydrogens (tertiary/aromatic N) is 3. The third-order valence-corrected chi connectivity index (χ3v) is 5.12. The normalized spacial score (nSPS) is 15.3. The second-order valence-corrected chi connectivity index (χ2v) is 6.46. The molecule has 0 saturated carbocycles. The monoisotopic (exact) mass is 321 g/mol. The summed E-state index contributed by atoms with van der Waals surface area (Å²) in [6, 6.07) is 4.17. The molecule has 5 nitrogen and oxygen atoms in total. The lowest BCUT2D eigenvalue weighted by Crippen LogP contribution is -2.36. The van der Waals surface area contributed by atoms with E-state index in [1.807, 2.05) is 6.07 Å². The van der Waals surface area contributed by atoms with Gasteiger partial charge in [-0.1, -0.05) is 18.3 Å². The summed E-state index contributed by atoms with van der Waals surface area (Å²) in [6.07, 6.45) is 1.11. The average molecular weight is 321 g/mol. The molecule has 3 rings (SSSR count). The molecule has 0 N–H and O–H groups in total. The smallest absolute Gasteiger partial charge is 0.186 e. The van der Waals surface area contributed by atoms with Crippen LogP contribution in [-0.4, -0.2) is 52.0 Å². The molecule has 0 radical (unpaired) electrons. The van der Waals surface area contributed by atoms with Crippen molar-refractivity contribution >= 4 is 32.4 Å². The van der Waals surface area contributed by atoms with E-state index in [0.29, 0.717) is 0 Å². The maximum atomic E-state index is 5.51. The Balaban J connectivity index is 2.05. The first-order valence-corrected chi connectivity index (χ1v) is 8.57. The van der Waals surface area contributed by atoms with E-state index in [1.54, 1.807) is 18.4 Å². The number of methoxy groups -OCH3 is 1. The van der Waals surface area contributed by atoms with Crippen LogP contribution < -0.4 is 14.5 Å². The van der Waals surface area contributed by atoms with Gasteiger partial charge in [-0.2, -0.15) is 0 Å². The van der Waals surface area contributed by atoms with E-state index in [2.05, 4.69) is 29.8 Å². The van der Waals surface area contributed by atoms with Crippen molar-refractivity contribution in [2.24, 2.45) is 0 Å². The average Bonchev–Trinajstić information content (AvgIpc) is 3.00. The maximum absolute atomic E-state index is 5.51. The Morgan fingerprint density at radius 2 is 2.14 bits per heavy atom. The summed E-state index contributed by atoms with van der Waals surface area (Å²) in [5, 5.41) is 1.05. The minimum absolute atomic E-state index is 0.787. The number of rotatable bonds is 5. The van der Waals surface area contributed by atoms with E-state index in [-0.39, 0.29) is 0 Å². The Kier molecular flexibility index (Phi) is 4.69. The summed E-state index contributed by atoms with van der Waals surface area (Å²) in [7, 11) is 3.81. The molecule has 1 aliphatic rings. The Morgan fingerprint density at radius 3 is 2.82 bits per heavy atom. The predicted octanol–water partition coefficient (Wildman–Crippen LogP) is 2.99. The van der Waals surface area contributed by atoms with Gasteiger partial charge < -0.3 is 19.3 Å². The molecule has 22 heavy (non-hydrogen) atoms. The SMILES string of the molecule is CCCN(C)c1nc2c(OC)ccc(N3CCOCC3)c2s1. The molecule has 0 amide bonds. The lowest BCUT2D eigenvalue weighted by atomic mass is 10.2. The Bertz CT molecular complexity index is 638. The zero-order chi connectivity index (χ0) is 15.5. The maximum Gasteiger partial charge on any atom is 0.186 e.